The maximum absolute atomic E-state index is 12.9. The summed E-state index contributed by atoms with van der Waals surface area (Å²) in [5.74, 6) is 4.01. The molecule has 2 N–H and O–H groups in total. The highest BCUT2D eigenvalue weighted by atomic mass is 35.5. The molecule has 8 heteroatoms. The van der Waals surface area contributed by atoms with Crippen molar-refractivity contribution in [2.75, 3.05) is 35.7 Å². The van der Waals surface area contributed by atoms with Crippen LogP contribution in [0.4, 0.5) is 11.8 Å². The van der Waals surface area contributed by atoms with Crippen LogP contribution in [0.1, 0.15) is 55.7 Å². The molecule has 0 bridgehead atoms. The smallest absolute Gasteiger partial charge is 0.227 e. The average molecular weight is 487 g/mol. The molecule has 6 rings (SSSR count). The first-order chi connectivity index (χ1) is 16.0. The maximum Gasteiger partial charge on any atom is 0.227 e. The quantitative estimate of drug-likeness (QED) is 0.661. The number of benzene rings is 1. The third-order valence-corrected chi connectivity index (χ3v) is 10.1. The van der Waals surface area contributed by atoms with Gasteiger partial charge in [0, 0.05) is 23.9 Å². The summed E-state index contributed by atoms with van der Waals surface area (Å²) in [6.45, 7) is 2.02. The molecular formula is C25H31ClN4O2S. The van der Waals surface area contributed by atoms with Gasteiger partial charge >= 0.3 is 0 Å². The lowest BCUT2D eigenvalue weighted by Gasteiger charge is -2.42. The van der Waals surface area contributed by atoms with Gasteiger partial charge < -0.3 is 15.3 Å². The van der Waals surface area contributed by atoms with Crippen LogP contribution in [0.2, 0.25) is 5.02 Å². The summed E-state index contributed by atoms with van der Waals surface area (Å²) >= 11 is 6.08. The molecule has 4 aliphatic rings. The van der Waals surface area contributed by atoms with Crippen LogP contribution in [0.25, 0.3) is 0 Å². The van der Waals surface area contributed by atoms with Gasteiger partial charge in [0.2, 0.25) is 5.95 Å². The number of aryl methyl sites for hydroxylation is 1. The number of aromatic nitrogens is 2. The van der Waals surface area contributed by atoms with Gasteiger partial charge in [-0.2, -0.15) is 4.98 Å². The minimum Gasteiger partial charge on any atom is -0.394 e. The Bertz CT molecular complexity index is 1060. The van der Waals surface area contributed by atoms with E-state index in [1.807, 2.05) is 12.1 Å². The van der Waals surface area contributed by atoms with Crippen LogP contribution in [-0.2, 0) is 17.2 Å². The molecule has 2 aliphatic heterocycles. The van der Waals surface area contributed by atoms with E-state index in [-0.39, 0.29) is 12.1 Å². The van der Waals surface area contributed by atoms with Crippen LogP contribution in [0, 0.1) is 11.8 Å². The molecule has 3 fully saturated rings. The highest BCUT2D eigenvalue weighted by Gasteiger charge is 2.43. The third kappa shape index (κ3) is 3.96. The number of halogens is 1. The second-order valence-electron chi connectivity index (χ2n) is 10.4. The summed E-state index contributed by atoms with van der Waals surface area (Å²) in [5, 5.41) is 14.3. The van der Waals surface area contributed by atoms with Crippen molar-refractivity contribution in [3.8, 4) is 0 Å². The Morgan fingerprint density at radius 1 is 1.12 bits per heavy atom. The number of rotatable bonds is 5. The molecule has 2 saturated carbocycles. The summed E-state index contributed by atoms with van der Waals surface area (Å²) in [7, 11) is -1.08. The van der Waals surface area contributed by atoms with E-state index >= 15 is 0 Å². The van der Waals surface area contributed by atoms with Crippen LogP contribution in [0.3, 0.4) is 0 Å². The highest BCUT2D eigenvalue weighted by Crippen LogP contribution is 2.47. The molecule has 1 aromatic heterocycles. The molecule has 176 valence electrons. The predicted octanol–water partition coefficient (Wildman–Crippen LogP) is 4.14. The van der Waals surface area contributed by atoms with E-state index in [9.17, 15) is 9.32 Å². The lowest BCUT2D eigenvalue weighted by atomic mass is 9.77. The molecule has 1 saturated heterocycles. The minimum absolute atomic E-state index is 0.0771. The van der Waals surface area contributed by atoms with Gasteiger partial charge in [0.05, 0.1) is 28.6 Å². The molecule has 0 amide bonds. The number of hydrogen-bond donors (Lipinski definition) is 2. The number of anilines is 2. The first kappa shape index (κ1) is 21.8. The monoisotopic (exact) mass is 486 g/mol. The average Bonchev–Trinajstić information content (AvgIpc) is 3.36. The number of hydrogen-bond acceptors (Lipinski definition) is 6. The van der Waals surface area contributed by atoms with E-state index in [4.69, 9.17) is 21.6 Å². The first-order valence-corrected chi connectivity index (χ1v) is 13.9. The van der Waals surface area contributed by atoms with Gasteiger partial charge in [0.25, 0.3) is 0 Å². The van der Waals surface area contributed by atoms with Gasteiger partial charge in [0.15, 0.2) is 0 Å². The van der Waals surface area contributed by atoms with Crippen LogP contribution in [0.15, 0.2) is 29.2 Å². The molecular weight excluding hydrogens is 456 g/mol. The molecule has 0 spiro atoms. The summed E-state index contributed by atoms with van der Waals surface area (Å²) in [6.07, 6.45) is 7.06. The number of nitrogens with one attached hydrogen (secondary N) is 1. The maximum atomic E-state index is 12.9. The van der Waals surface area contributed by atoms with Crippen LogP contribution < -0.4 is 10.2 Å². The second-order valence-corrected chi connectivity index (χ2v) is 12.3. The van der Waals surface area contributed by atoms with Gasteiger partial charge in [-0.1, -0.05) is 23.7 Å². The lowest BCUT2D eigenvalue weighted by Crippen LogP contribution is -2.49. The fourth-order valence-electron chi connectivity index (χ4n) is 6.24. The van der Waals surface area contributed by atoms with E-state index in [2.05, 4.69) is 22.3 Å². The zero-order valence-electron chi connectivity index (χ0n) is 18.8. The topological polar surface area (TPSA) is 78.4 Å². The molecule has 3 heterocycles. The molecule has 2 aromatic rings. The van der Waals surface area contributed by atoms with Crippen molar-refractivity contribution in [3.63, 3.8) is 0 Å². The highest BCUT2D eigenvalue weighted by molar-refractivity contribution is 7.85. The van der Waals surface area contributed by atoms with Crippen molar-refractivity contribution in [2.24, 2.45) is 11.8 Å². The molecule has 0 radical (unpaired) electrons. The Morgan fingerprint density at radius 3 is 2.48 bits per heavy atom. The van der Waals surface area contributed by atoms with Crippen molar-refractivity contribution in [3.05, 3.63) is 40.5 Å². The van der Waals surface area contributed by atoms with Crippen molar-refractivity contribution in [1.29, 1.82) is 0 Å². The Balaban J connectivity index is 1.24. The molecule has 6 nitrogen and oxygen atoms in total. The van der Waals surface area contributed by atoms with Crippen LogP contribution in [-0.4, -0.2) is 50.3 Å². The Kier molecular flexibility index (Phi) is 5.62. The Morgan fingerprint density at radius 2 is 1.85 bits per heavy atom. The van der Waals surface area contributed by atoms with Crippen molar-refractivity contribution in [2.45, 2.75) is 61.3 Å². The van der Waals surface area contributed by atoms with E-state index < -0.39 is 10.8 Å². The zero-order chi connectivity index (χ0) is 22.6. The number of aliphatic hydroxyl groups excluding tert-OH is 1. The molecule has 2 aliphatic carbocycles. The van der Waals surface area contributed by atoms with Crippen molar-refractivity contribution >= 4 is 34.2 Å². The van der Waals surface area contributed by atoms with E-state index in [1.54, 1.807) is 0 Å². The Hall–Kier alpha value is -1.70. The van der Waals surface area contributed by atoms with Gasteiger partial charge in [-0.15, -0.1) is 0 Å². The van der Waals surface area contributed by atoms with E-state index in [1.165, 1.54) is 18.4 Å². The molecule has 1 aromatic carbocycles. The number of nitrogens with zero attached hydrogens (tertiary/aromatic N) is 3. The first-order valence-electron chi connectivity index (χ1n) is 12.2. The normalized spacial score (nSPS) is 29.9. The Labute approximate surface area is 202 Å². The summed E-state index contributed by atoms with van der Waals surface area (Å²) in [5.41, 5.74) is 2.00. The standard InChI is InChI=1S/C25H31ClN4O2S/c26-20-6-4-16(5-7-20)17-11-18-13-30(14-19(18)12-17)24-27-21-3-1-10-33(32)22(21)23(28-24)29-25(15-31)8-2-9-25/h4-7,17-19,31H,1-3,8-15H2,(H,27,28,29)/t17?,18?,19?,33-/m1/s1. The summed E-state index contributed by atoms with van der Waals surface area (Å²) < 4.78 is 12.9. The number of aliphatic hydroxyl groups is 1. The minimum atomic E-state index is -1.08. The van der Waals surface area contributed by atoms with Crippen molar-refractivity contribution in [1.82, 2.24) is 9.97 Å². The van der Waals surface area contributed by atoms with Gasteiger partial charge in [-0.05, 0) is 80.4 Å². The van der Waals surface area contributed by atoms with Gasteiger partial charge in [0.1, 0.15) is 10.7 Å². The molecule has 3 atom stereocenters. The summed E-state index contributed by atoms with van der Waals surface area (Å²) in [4.78, 5) is 13.0. The zero-order valence-corrected chi connectivity index (χ0v) is 20.4. The SMILES string of the molecule is O=[S@@]1CCCc2nc(N3CC4CC(c5ccc(Cl)cc5)CC4C3)nc(NC3(CO)CCC3)c21. The largest absolute Gasteiger partial charge is 0.394 e. The van der Waals surface area contributed by atoms with Crippen LogP contribution in [0.5, 0.6) is 0 Å². The van der Waals surface area contributed by atoms with Gasteiger partial charge in [-0.25, -0.2) is 4.98 Å². The van der Waals surface area contributed by atoms with Gasteiger partial charge in [-0.3, -0.25) is 4.21 Å². The van der Waals surface area contributed by atoms with E-state index in [0.29, 0.717) is 29.3 Å². The fourth-order valence-corrected chi connectivity index (χ4v) is 7.70. The fraction of sp³-hybridized carbons (Fsp3) is 0.600. The second kappa shape index (κ2) is 8.51. The predicted molar refractivity (Wildman–Crippen MR) is 132 cm³/mol. The van der Waals surface area contributed by atoms with Crippen molar-refractivity contribution < 1.29 is 9.32 Å². The number of fused-ring (bicyclic) bond motifs is 2. The lowest BCUT2D eigenvalue weighted by molar-refractivity contribution is 0.143. The third-order valence-electron chi connectivity index (χ3n) is 8.27. The molecule has 2 unspecified atom stereocenters. The summed E-state index contributed by atoms with van der Waals surface area (Å²) in [6, 6.07) is 8.35. The van der Waals surface area contributed by atoms with Crippen LogP contribution >= 0.6 is 11.6 Å². The molecule has 33 heavy (non-hydrogen) atoms. The van der Waals surface area contributed by atoms with E-state index in [0.717, 1.165) is 66.8 Å².